The lowest BCUT2D eigenvalue weighted by molar-refractivity contribution is 0.00281. The summed E-state index contributed by atoms with van der Waals surface area (Å²) in [5.74, 6) is 0. The van der Waals surface area contributed by atoms with Gasteiger partial charge in [0.05, 0.1) is 17.8 Å². The van der Waals surface area contributed by atoms with E-state index in [1.165, 1.54) is 0 Å². The van der Waals surface area contributed by atoms with Crippen molar-refractivity contribution in [3.8, 4) is 0 Å². The van der Waals surface area contributed by atoms with Crippen LogP contribution in [0.5, 0.6) is 0 Å². The summed E-state index contributed by atoms with van der Waals surface area (Å²) >= 11 is 0. The summed E-state index contributed by atoms with van der Waals surface area (Å²) in [5, 5.41) is 0. The molecule has 0 rings (SSSR count). The van der Waals surface area contributed by atoms with Crippen molar-refractivity contribution in [1.29, 1.82) is 0 Å². The van der Waals surface area contributed by atoms with Crippen LogP contribution in [0.15, 0.2) is 0 Å². The zero-order valence-electron chi connectivity index (χ0n) is 12.1. The first-order chi connectivity index (χ1) is 7.87. The summed E-state index contributed by atoms with van der Waals surface area (Å²) in [6.45, 7) is 11.8. The summed E-state index contributed by atoms with van der Waals surface area (Å²) < 4.78 is 32.1. The maximum Gasteiger partial charge on any atom is 0.535 e. The molecule has 0 amide bonds. The molecular weight excluding hydrogens is 259 g/mol. The molecule has 0 aliphatic rings. The molecule has 0 aromatic heterocycles. The van der Waals surface area contributed by atoms with Gasteiger partial charge in [0.2, 0.25) is 0 Å². The van der Waals surface area contributed by atoms with Crippen LogP contribution in [0.1, 0.15) is 48.5 Å². The normalized spacial score (nSPS) is 13.3. The summed E-state index contributed by atoms with van der Waals surface area (Å²) in [6.07, 6.45) is -1.07. The maximum atomic E-state index is 12.4. The van der Waals surface area contributed by atoms with E-state index >= 15 is 0 Å². The van der Waals surface area contributed by atoms with Crippen molar-refractivity contribution in [3.63, 3.8) is 0 Å². The molecule has 6 nitrogen and oxygen atoms in total. The molecule has 0 N–H and O–H groups in total. The predicted octanol–water partition coefficient (Wildman–Crippen LogP) is 3.90. The third-order valence-electron chi connectivity index (χ3n) is 1.22. The van der Waals surface area contributed by atoms with E-state index in [9.17, 15) is 9.36 Å². The Morgan fingerprint density at radius 3 is 1.67 bits per heavy atom. The van der Waals surface area contributed by atoms with Crippen molar-refractivity contribution >= 4 is 14.0 Å². The molecule has 0 atom stereocenters. The van der Waals surface area contributed by atoms with Crippen LogP contribution in [0.25, 0.3) is 0 Å². The van der Waals surface area contributed by atoms with Crippen LogP contribution in [-0.2, 0) is 22.9 Å². The van der Waals surface area contributed by atoms with E-state index in [1.54, 1.807) is 48.5 Å². The molecule has 0 unspecified atom stereocenters. The number of carbonyl (C=O) groups excluding carboxylic acids is 1. The summed E-state index contributed by atoms with van der Waals surface area (Å²) in [4.78, 5) is 11.3. The van der Waals surface area contributed by atoms with Crippen molar-refractivity contribution in [3.05, 3.63) is 0 Å². The number of carbonyl (C=O) groups is 1. The molecule has 0 aromatic rings. The Labute approximate surface area is 109 Å². The Hall–Kier alpha value is -0.580. The zero-order valence-corrected chi connectivity index (χ0v) is 13.0. The predicted molar refractivity (Wildman–Crippen MR) is 67.4 cm³/mol. The van der Waals surface area contributed by atoms with E-state index in [4.69, 9.17) is 9.05 Å². The summed E-state index contributed by atoms with van der Waals surface area (Å²) in [6, 6.07) is 0. The molecule has 0 spiro atoms. The lowest BCUT2D eigenvalue weighted by atomic mass is 10.2. The van der Waals surface area contributed by atoms with Crippen LogP contribution >= 0.6 is 7.82 Å². The van der Waals surface area contributed by atoms with Crippen LogP contribution in [-0.4, -0.2) is 24.0 Å². The first-order valence-electron chi connectivity index (χ1n) is 5.75. The van der Waals surface area contributed by atoms with Crippen molar-refractivity contribution in [1.82, 2.24) is 0 Å². The Balaban J connectivity index is 4.93. The van der Waals surface area contributed by atoms with Gasteiger partial charge >= 0.3 is 14.0 Å². The average molecular weight is 282 g/mol. The number of phosphoric acid groups is 1. The molecule has 0 aliphatic heterocycles. The SMILES string of the molecule is CCOC(=O)OP(=O)(OC(C)(C)C)OC(C)(C)C. The number of hydrogen-bond acceptors (Lipinski definition) is 6. The number of ether oxygens (including phenoxy) is 1. The van der Waals surface area contributed by atoms with E-state index in [0.29, 0.717) is 0 Å². The monoisotopic (exact) mass is 282 g/mol. The highest BCUT2D eigenvalue weighted by atomic mass is 31.2. The van der Waals surface area contributed by atoms with E-state index < -0.39 is 25.2 Å². The highest BCUT2D eigenvalue weighted by molar-refractivity contribution is 7.49. The number of phosphoric ester groups is 1. The van der Waals surface area contributed by atoms with Gasteiger partial charge in [-0.05, 0) is 48.5 Å². The van der Waals surface area contributed by atoms with Gasteiger partial charge in [0.15, 0.2) is 0 Å². The fourth-order valence-corrected chi connectivity index (χ4v) is 2.65. The molecule has 0 bridgehead atoms. The van der Waals surface area contributed by atoms with Gasteiger partial charge in [-0.15, -0.1) is 0 Å². The minimum Gasteiger partial charge on any atom is -0.434 e. The van der Waals surface area contributed by atoms with Crippen LogP contribution < -0.4 is 0 Å². The van der Waals surface area contributed by atoms with Crippen molar-refractivity contribution in [2.24, 2.45) is 0 Å². The van der Waals surface area contributed by atoms with Gasteiger partial charge in [-0.2, -0.15) is 0 Å². The topological polar surface area (TPSA) is 71.1 Å². The van der Waals surface area contributed by atoms with Crippen LogP contribution in [0.2, 0.25) is 0 Å². The van der Waals surface area contributed by atoms with Gasteiger partial charge in [0, 0.05) is 0 Å². The molecule has 0 heterocycles. The van der Waals surface area contributed by atoms with Crippen molar-refractivity contribution in [2.45, 2.75) is 59.7 Å². The molecule has 108 valence electrons. The van der Waals surface area contributed by atoms with Crippen LogP contribution in [0.4, 0.5) is 4.79 Å². The Bertz CT molecular complexity index is 305. The lowest BCUT2D eigenvalue weighted by Crippen LogP contribution is -2.25. The molecule has 0 saturated heterocycles. The van der Waals surface area contributed by atoms with Gasteiger partial charge in [0.25, 0.3) is 0 Å². The van der Waals surface area contributed by atoms with E-state index in [1.807, 2.05) is 0 Å². The highest BCUT2D eigenvalue weighted by Crippen LogP contribution is 2.55. The fraction of sp³-hybridized carbons (Fsp3) is 0.909. The molecule has 0 radical (unpaired) electrons. The third kappa shape index (κ3) is 8.50. The standard InChI is InChI=1S/C11H23O6P/c1-8-14-9(12)15-18(13,16-10(2,3)4)17-11(5,6)7/h8H2,1-7H3. The van der Waals surface area contributed by atoms with Gasteiger partial charge in [-0.25, -0.2) is 9.36 Å². The molecule has 18 heavy (non-hydrogen) atoms. The maximum absolute atomic E-state index is 12.4. The molecule has 0 fully saturated rings. The Morgan fingerprint density at radius 1 is 1.00 bits per heavy atom. The fourth-order valence-electron chi connectivity index (χ4n) is 0.962. The summed E-state index contributed by atoms with van der Waals surface area (Å²) in [5.41, 5.74) is -1.57. The van der Waals surface area contributed by atoms with E-state index in [-0.39, 0.29) is 6.61 Å². The van der Waals surface area contributed by atoms with Gasteiger partial charge in [-0.1, -0.05) is 0 Å². The lowest BCUT2D eigenvalue weighted by Gasteiger charge is -2.29. The number of hydrogen-bond donors (Lipinski definition) is 0. The Kier molecular flexibility index (Phi) is 5.85. The van der Waals surface area contributed by atoms with Gasteiger partial charge in [0.1, 0.15) is 0 Å². The molecule has 0 aliphatic carbocycles. The highest BCUT2D eigenvalue weighted by Gasteiger charge is 2.40. The minimum absolute atomic E-state index is 0.115. The summed E-state index contributed by atoms with van der Waals surface area (Å²) in [7, 11) is -4.02. The second-order valence-electron chi connectivity index (χ2n) is 5.63. The molecule has 7 heteroatoms. The van der Waals surface area contributed by atoms with Crippen molar-refractivity contribution < 1.29 is 27.7 Å². The second kappa shape index (κ2) is 6.04. The van der Waals surface area contributed by atoms with Crippen LogP contribution in [0, 0.1) is 0 Å². The zero-order chi connectivity index (χ0) is 14.6. The molecular formula is C11H23O6P. The quantitative estimate of drug-likeness (QED) is 0.575. The van der Waals surface area contributed by atoms with Crippen molar-refractivity contribution in [2.75, 3.05) is 6.61 Å². The first kappa shape index (κ1) is 17.4. The average Bonchev–Trinajstić information content (AvgIpc) is 1.93. The number of rotatable bonds is 4. The molecule has 0 aromatic carbocycles. The Morgan fingerprint density at radius 2 is 1.39 bits per heavy atom. The van der Waals surface area contributed by atoms with Gasteiger partial charge in [-0.3, -0.25) is 9.05 Å². The first-order valence-corrected chi connectivity index (χ1v) is 7.21. The third-order valence-corrected chi connectivity index (χ3v) is 3.14. The van der Waals surface area contributed by atoms with Gasteiger partial charge < -0.3 is 9.26 Å². The smallest absolute Gasteiger partial charge is 0.434 e. The molecule has 0 saturated carbocycles. The van der Waals surface area contributed by atoms with E-state index in [0.717, 1.165) is 0 Å². The second-order valence-corrected chi connectivity index (χ2v) is 7.07. The van der Waals surface area contributed by atoms with Crippen LogP contribution in [0.3, 0.4) is 0 Å². The largest absolute Gasteiger partial charge is 0.535 e. The minimum atomic E-state index is -4.02. The van der Waals surface area contributed by atoms with E-state index in [2.05, 4.69) is 9.26 Å².